The predicted octanol–water partition coefficient (Wildman–Crippen LogP) is 2.72. The van der Waals surface area contributed by atoms with Gasteiger partial charge in [-0.25, -0.2) is 4.79 Å². The molecule has 1 fully saturated rings. The van der Waals surface area contributed by atoms with Crippen molar-refractivity contribution < 1.29 is 32.0 Å². The quantitative estimate of drug-likeness (QED) is 0.841. The van der Waals surface area contributed by atoms with Crippen molar-refractivity contribution >= 4 is 6.09 Å². The van der Waals surface area contributed by atoms with Gasteiger partial charge in [0.25, 0.3) is 0 Å². The number of ether oxygens (including phenoxy) is 2. The van der Waals surface area contributed by atoms with Crippen LogP contribution < -0.4 is 0 Å². The summed E-state index contributed by atoms with van der Waals surface area (Å²) in [4.78, 5) is 16.7. The summed E-state index contributed by atoms with van der Waals surface area (Å²) in [6.07, 6.45) is -5.11. The van der Waals surface area contributed by atoms with Gasteiger partial charge in [0.15, 0.2) is 0 Å². The lowest BCUT2D eigenvalue weighted by atomic mass is 10.1. The van der Waals surface area contributed by atoms with Gasteiger partial charge < -0.3 is 18.9 Å². The minimum atomic E-state index is -4.68. The third-order valence-corrected chi connectivity index (χ3v) is 3.51. The SMILES string of the molecule is O=C(OCc1ccc(-c2noc(C(F)(F)F)n2)cc1)N1CCOCC1. The van der Waals surface area contributed by atoms with Crippen LogP contribution in [0.3, 0.4) is 0 Å². The van der Waals surface area contributed by atoms with Crippen molar-refractivity contribution in [3.8, 4) is 11.4 Å². The van der Waals surface area contributed by atoms with Crippen LogP contribution in [-0.4, -0.2) is 47.4 Å². The molecule has 1 aliphatic heterocycles. The third kappa shape index (κ3) is 4.27. The topological polar surface area (TPSA) is 77.7 Å². The molecule has 1 aromatic carbocycles. The van der Waals surface area contributed by atoms with Crippen LogP contribution in [0.4, 0.5) is 18.0 Å². The van der Waals surface area contributed by atoms with Gasteiger partial charge in [-0.05, 0) is 5.56 Å². The van der Waals surface area contributed by atoms with Crippen LogP contribution >= 0.6 is 0 Å². The van der Waals surface area contributed by atoms with Crippen molar-refractivity contribution in [1.29, 1.82) is 0 Å². The maximum atomic E-state index is 12.5. The smallest absolute Gasteiger partial charge is 0.445 e. The summed E-state index contributed by atoms with van der Waals surface area (Å²) in [6, 6.07) is 6.29. The molecule has 7 nitrogen and oxygen atoms in total. The molecule has 1 amide bonds. The fraction of sp³-hybridized carbons (Fsp3) is 0.400. The summed E-state index contributed by atoms with van der Waals surface area (Å²) < 4.78 is 51.9. The van der Waals surface area contributed by atoms with Crippen molar-refractivity contribution in [3.63, 3.8) is 0 Å². The number of alkyl halides is 3. The Labute approximate surface area is 140 Å². The molecule has 0 N–H and O–H groups in total. The van der Waals surface area contributed by atoms with Gasteiger partial charge in [0, 0.05) is 18.7 Å². The first-order valence-electron chi connectivity index (χ1n) is 7.43. The van der Waals surface area contributed by atoms with Crippen LogP contribution in [0.5, 0.6) is 0 Å². The summed E-state index contributed by atoms with van der Waals surface area (Å²) in [6.45, 7) is 1.98. The van der Waals surface area contributed by atoms with Crippen LogP contribution in [0.1, 0.15) is 11.5 Å². The number of rotatable bonds is 3. The molecule has 3 rings (SSSR count). The number of hydrogen-bond acceptors (Lipinski definition) is 6. The zero-order valence-corrected chi connectivity index (χ0v) is 13.0. The van der Waals surface area contributed by atoms with Crippen molar-refractivity contribution in [1.82, 2.24) is 15.0 Å². The first-order chi connectivity index (χ1) is 11.9. The molecule has 25 heavy (non-hydrogen) atoms. The number of amides is 1. The number of benzene rings is 1. The molecule has 0 atom stereocenters. The Hall–Kier alpha value is -2.62. The van der Waals surface area contributed by atoms with E-state index in [0.717, 1.165) is 0 Å². The van der Waals surface area contributed by atoms with Gasteiger partial charge >= 0.3 is 18.2 Å². The molecule has 0 radical (unpaired) electrons. The summed E-state index contributed by atoms with van der Waals surface area (Å²) in [7, 11) is 0. The van der Waals surface area contributed by atoms with Gasteiger partial charge in [-0.3, -0.25) is 0 Å². The number of halogens is 3. The van der Waals surface area contributed by atoms with Crippen LogP contribution in [0.25, 0.3) is 11.4 Å². The summed E-state index contributed by atoms with van der Waals surface area (Å²) in [5, 5.41) is 3.31. The molecule has 2 aromatic rings. The second-order valence-corrected chi connectivity index (χ2v) is 5.27. The summed E-state index contributed by atoms with van der Waals surface area (Å²) in [5.41, 5.74) is 1.05. The normalized spacial score (nSPS) is 15.2. The minimum absolute atomic E-state index is 0.0521. The lowest BCUT2D eigenvalue weighted by Gasteiger charge is -2.25. The molecule has 2 heterocycles. The first-order valence-corrected chi connectivity index (χ1v) is 7.43. The number of nitrogens with zero attached hydrogens (tertiary/aromatic N) is 3. The number of aromatic nitrogens is 2. The molecule has 1 aromatic heterocycles. The van der Waals surface area contributed by atoms with E-state index in [1.54, 1.807) is 17.0 Å². The maximum absolute atomic E-state index is 12.5. The fourth-order valence-corrected chi connectivity index (χ4v) is 2.19. The van der Waals surface area contributed by atoms with Gasteiger partial charge in [-0.2, -0.15) is 18.2 Å². The van der Waals surface area contributed by atoms with E-state index in [0.29, 0.717) is 37.4 Å². The third-order valence-electron chi connectivity index (χ3n) is 3.51. The van der Waals surface area contributed by atoms with Crippen molar-refractivity contribution in [3.05, 3.63) is 35.7 Å². The van der Waals surface area contributed by atoms with E-state index in [1.165, 1.54) is 12.1 Å². The van der Waals surface area contributed by atoms with Gasteiger partial charge in [0.05, 0.1) is 13.2 Å². The van der Waals surface area contributed by atoms with Crippen LogP contribution in [0, 0.1) is 0 Å². The molecule has 0 aliphatic carbocycles. The minimum Gasteiger partial charge on any atom is -0.445 e. The van der Waals surface area contributed by atoms with E-state index in [2.05, 4.69) is 14.7 Å². The Morgan fingerprint density at radius 2 is 1.88 bits per heavy atom. The molecule has 1 saturated heterocycles. The summed E-state index contributed by atoms with van der Waals surface area (Å²) in [5.74, 6) is -1.56. The molecular formula is C15H14F3N3O4. The zero-order valence-electron chi connectivity index (χ0n) is 13.0. The Morgan fingerprint density at radius 3 is 2.48 bits per heavy atom. The van der Waals surface area contributed by atoms with E-state index < -0.39 is 18.2 Å². The molecule has 10 heteroatoms. The van der Waals surface area contributed by atoms with Crippen LogP contribution in [-0.2, 0) is 22.3 Å². The average Bonchev–Trinajstić information content (AvgIpc) is 3.11. The average molecular weight is 357 g/mol. The highest BCUT2D eigenvalue weighted by Gasteiger charge is 2.38. The van der Waals surface area contributed by atoms with Gasteiger partial charge in [0.2, 0.25) is 5.82 Å². The number of carbonyl (C=O) groups excluding carboxylic acids is 1. The Kier molecular flexibility index (Phi) is 4.88. The second kappa shape index (κ2) is 7.09. The van der Waals surface area contributed by atoms with Crippen molar-refractivity contribution in [2.45, 2.75) is 12.8 Å². The number of hydrogen-bond donors (Lipinski definition) is 0. The molecule has 0 unspecified atom stereocenters. The first kappa shape index (κ1) is 17.2. The van der Waals surface area contributed by atoms with Crippen LogP contribution in [0.2, 0.25) is 0 Å². The van der Waals surface area contributed by atoms with E-state index >= 15 is 0 Å². The van der Waals surface area contributed by atoms with Gasteiger partial charge in [-0.15, -0.1) is 0 Å². The van der Waals surface area contributed by atoms with E-state index in [9.17, 15) is 18.0 Å². The molecular weight excluding hydrogens is 343 g/mol. The maximum Gasteiger partial charge on any atom is 0.471 e. The zero-order chi connectivity index (χ0) is 17.9. The highest BCUT2D eigenvalue weighted by atomic mass is 19.4. The Balaban J connectivity index is 1.58. The second-order valence-electron chi connectivity index (χ2n) is 5.27. The Morgan fingerprint density at radius 1 is 1.20 bits per heavy atom. The lowest BCUT2D eigenvalue weighted by Crippen LogP contribution is -2.40. The van der Waals surface area contributed by atoms with Crippen molar-refractivity contribution in [2.75, 3.05) is 26.3 Å². The largest absolute Gasteiger partial charge is 0.471 e. The number of carbonyl (C=O) groups is 1. The molecule has 0 saturated carbocycles. The van der Waals surface area contributed by atoms with E-state index in [4.69, 9.17) is 9.47 Å². The van der Waals surface area contributed by atoms with Crippen molar-refractivity contribution in [2.24, 2.45) is 0 Å². The number of morpholine rings is 1. The highest BCUT2D eigenvalue weighted by molar-refractivity contribution is 5.67. The summed E-state index contributed by atoms with van der Waals surface area (Å²) >= 11 is 0. The van der Waals surface area contributed by atoms with Gasteiger partial charge in [-0.1, -0.05) is 29.4 Å². The highest BCUT2D eigenvalue weighted by Crippen LogP contribution is 2.29. The lowest BCUT2D eigenvalue weighted by molar-refractivity contribution is -0.159. The van der Waals surface area contributed by atoms with E-state index in [1.807, 2.05) is 0 Å². The van der Waals surface area contributed by atoms with Gasteiger partial charge in [0.1, 0.15) is 6.61 Å². The fourth-order valence-electron chi connectivity index (χ4n) is 2.19. The van der Waals surface area contributed by atoms with E-state index in [-0.39, 0.29) is 12.4 Å². The monoisotopic (exact) mass is 357 g/mol. The van der Waals surface area contributed by atoms with Crippen LogP contribution in [0.15, 0.2) is 28.8 Å². The molecule has 134 valence electrons. The Bertz CT molecular complexity index is 724. The molecule has 0 spiro atoms. The predicted molar refractivity (Wildman–Crippen MR) is 77.3 cm³/mol. The molecule has 1 aliphatic rings. The molecule has 0 bridgehead atoms. The standard InChI is InChI=1S/C15H14F3N3O4/c16-15(17,18)13-19-12(20-25-13)11-3-1-10(2-4-11)9-24-14(22)21-5-7-23-8-6-21/h1-4H,5-9H2.